The molecule has 0 atom stereocenters. The summed E-state index contributed by atoms with van der Waals surface area (Å²) in [5.74, 6) is 0. The van der Waals surface area contributed by atoms with E-state index >= 15 is 0 Å². The van der Waals surface area contributed by atoms with Gasteiger partial charge in [0.1, 0.15) is 0 Å². The molecule has 4 rings (SSSR count). The molecule has 1 aromatic heterocycles. The quantitative estimate of drug-likeness (QED) is 0.553. The third-order valence-corrected chi connectivity index (χ3v) is 5.26. The second-order valence-electron chi connectivity index (χ2n) is 7.26. The Bertz CT molecular complexity index is 905. The van der Waals surface area contributed by atoms with Crippen LogP contribution in [-0.4, -0.2) is 18.1 Å². The van der Waals surface area contributed by atoms with Crippen LogP contribution in [0.1, 0.15) is 36.1 Å². The highest BCUT2D eigenvalue weighted by molar-refractivity contribution is 5.72. The van der Waals surface area contributed by atoms with E-state index < -0.39 is 0 Å². The van der Waals surface area contributed by atoms with E-state index in [2.05, 4.69) is 83.6 Å². The van der Waals surface area contributed by atoms with E-state index in [0.717, 1.165) is 18.8 Å². The molecule has 136 valence electrons. The molecule has 0 amide bonds. The first kappa shape index (κ1) is 17.5. The maximum Gasteiger partial charge on any atom is 0.0650 e. The van der Waals surface area contributed by atoms with Crippen LogP contribution in [0.3, 0.4) is 0 Å². The van der Waals surface area contributed by atoms with Crippen molar-refractivity contribution >= 4 is 17.8 Å². The lowest BCUT2D eigenvalue weighted by molar-refractivity contribution is 0.577. The molecule has 27 heavy (non-hydrogen) atoms. The normalized spacial score (nSPS) is 14.6. The molecule has 1 saturated heterocycles. The number of hydrogen-bond donors (Lipinski definition) is 0. The fraction of sp³-hybridized carbons (Fsp3) is 0.240. The molecule has 0 radical (unpaired) electrons. The lowest BCUT2D eigenvalue weighted by atomic mass is 10.0. The average molecular weight is 354 g/mol. The molecule has 2 aromatic carbocycles. The van der Waals surface area contributed by atoms with Crippen LogP contribution in [0.2, 0.25) is 0 Å². The van der Waals surface area contributed by atoms with E-state index in [1.807, 2.05) is 12.3 Å². The molecule has 1 aliphatic rings. The summed E-state index contributed by atoms with van der Waals surface area (Å²) >= 11 is 0. The van der Waals surface area contributed by atoms with Gasteiger partial charge in [0.25, 0.3) is 0 Å². The van der Waals surface area contributed by atoms with E-state index in [1.54, 1.807) is 0 Å². The Morgan fingerprint density at radius 2 is 1.52 bits per heavy atom. The van der Waals surface area contributed by atoms with Gasteiger partial charge in [0, 0.05) is 25.0 Å². The van der Waals surface area contributed by atoms with Gasteiger partial charge in [-0.05, 0) is 60.6 Å². The highest BCUT2D eigenvalue weighted by atomic mass is 15.1. The number of hydrogen-bond acceptors (Lipinski definition) is 2. The van der Waals surface area contributed by atoms with Gasteiger partial charge in [0.05, 0.1) is 5.69 Å². The number of benzene rings is 2. The summed E-state index contributed by atoms with van der Waals surface area (Å²) in [5, 5.41) is 0. The van der Waals surface area contributed by atoms with Crippen molar-refractivity contribution < 1.29 is 0 Å². The monoisotopic (exact) mass is 354 g/mol. The van der Waals surface area contributed by atoms with Crippen LogP contribution in [0.25, 0.3) is 23.3 Å². The summed E-state index contributed by atoms with van der Waals surface area (Å²) in [7, 11) is 0. The molecule has 3 aromatic rings. The van der Waals surface area contributed by atoms with Crippen LogP contribution < -0.4 is 4.90 Å². The van der Waals surface area contributed by atoms with Crippen LogP contribution >= 0.6 is 0 Å². The molecule has 0 unspecified atom stereocenters. The van der Waals surface area contributed by atoms with Gasteiger partial charge in [0.15, 0.2) is 0 Å². The van der Waals surface area contributed by atoms with Crippen LogP contribution in [0, 0.1) is 6.92 Å². The van der Waals surface area contributed by atoms with Crippen LogP contribution in [-0.2, 0) is 0 Å². The van der Waals surface area contributed by atoms with Crippen molar-refractivity contribution in [3.63, 3.8) is 0 Å². The van der Waals surface area contributed by atoms with Crippen molar-refractivity contribution in [1.29, 1.82) is 0 Å². The topological polar surface area (TPSA) is 16.1 Å². The van der Waals surface area contributed by atoms with Gasteiger partial charge in [-0.25, -0.2) is 0 Å². The SMILES string of the molecule is Cc1cnc(/C=C/c2ccc(-c3ccccc3)cc2)cc1N1CCCCC1. The standard InChI is InChI=1S/C25H26N2/c1-20-19-26-24(18-25(20)27-16-6-3-7-17-27)15-12-21-10-13-23(14-11-21)22-8-4-2-5-9-22/h2,4-5,8-15,18-19H,3,6-7,16-17H2,1H3/b15-12+. The van der Waals surface area contributed by atoms with Crippen molar-refractivity contribution in [2.75, 3.05) is 18.0 Å². The Labute approximate surface area is 162 Å². The average Bonchev–Trinajstić information content (AvgIpc) is 2.75. The van der Waals surface area contributed by atoms with E-state index in [1.165, 1.54) is 47.2 Å². The number of anilines is 1. The first-order chi connectivity index (χ1) is 13.3. The zero-order valence-corrected chi connectivity index (χ0v) is 15.9. The van der Waals surface area contributed by atoms with Gasteiger partial charge >= 0.3 is 0 Å². The van der Waals surface area contributed by atoms with Gasteiger partial charge in [-0.3, -0.25) is 4.98 Å². The van der Waals surface area contributed by atoms with Crippen LogP contribution in [0.4, 0.5) is 5.69 Å². The second-order valence-corrected chi connectivity index (χ2v) is 7.26. The molecule has 0 N–H and O–H groups in total. The van der Waals surface area contributed by atoms with E-state index in [9.17, 15) is 0 Å². The third kappa shape index (κ3) is 4.28. The molecule has 2 heterocycles. The lowest BCUT2D eigenvalue weighted by Gasteiger charge is -2.30. The molecule has 2 heteroatoms. The zero-order chi connectivity index (χ0) is 18.5. The second kappa shape index (κ2) is 8.22. The molecule has 0 bridgehead atoms. The maximum absolute atomic E-state index is 4.60. The fourth-order valence-electron chi connectivity index (χ4n) is 3.69. The Balaban J connectivity index is 1.51. The molecule has 0 aliphatic carbocycles. The molecule has 1 aliphatic heterocycles. The van der Waals surface area contributed by atoms with Crippen molar-refractivity contribution in [2.45, 2.75) is 26.2 Å². The Kier molecular flexibility index (Phi) is 5.34. The van der Waals surface area contributed by atoms with Gasteiger partial charge in [-0.15, -0.1) is 0 Å². The van der Waals surface area contributed by atoms with E-state index in [0.29, 0.717) is 0 Å². The molecule has 2 nitrogen and oxygen atoms in total. The Hall–Kier alpha value is -2.87. The molecular formula is C25H26N2. The summed E-state index contributed by atoms with van der Waals surface area (Å²) < 4.78 is 0. The lowest BCUT2D eigenvalue weighted by Crippen LogP contribution is -2.30. The van der Waals surface area contributed by atoms with Crippen molar-refractivity contribution in [2.24, 2.45) is 0 Å². The predicted molar refractivity (Wildman–Crippen MR) is 116 cm³/mol. The molecule has 1 fully saturated rings. The minimum Gasteiger partial charge on any atom is -0.371 e. The Morgan fingerprint density at radius 1 is 0.815 bits per heavy atom. The predicted octanol–water partition coefficient (Wildman–Crippen LogP) is 6.22. The van der Waals surface area contributed by atoms with E-state index in [-0.39, 0.29) is 0 Å². The smallest absolute Gasteiger partial charge is 0.0650 e. The number of pyridine rings is 1. The highest BCUT2D eigenvalue weighted by Gasteiger charge is 2.13. The molecular weight excluding hydrogens is 328 g/mol. The van der Waals surface area contributed by atoms with Crippen LogP contribution in [0.15, 0.2) is 66.9 Å². The number of aromatic nitrogens is 1. The number of nitrogens with zero attached hydrogens (tertiary/aromatic N) is 2. The molecule has 0 saturated carbocycles. The third-order valence-electron chi connectivity index (χ3n) is 5.26. The van der Waals surface area contributed by atoms with Crippen molar-refractivity contribution in [3.05, 3.63) is 83.7 Å². The minimum atomic E-state index is 1.02. The van der Waals surface area contributed by atoms with Gasteiger partial charge < -0.3 is 4.90 Å². The zero-order valence-electron chi connectivity index (χ0n) is 15.9. The molecule has 0 spiro atoms. The fourth-order valence-corrected chi connectivity index (χ4v) is 3.69. The largest absolute Gasteiger partial charge is 0.371 e. The number of piperidine rings is 1. The number of rotatable bonds is 4. The van der Waals surface area contributed by atoms with Gasteiger partial charge in [0.2, 0.25) is 0 Å². The maximum atomic E-state index is 4.60. The first-order valence-electron chi connectivity index (χ1n) is 9.85. The van der Waals surface area contributed by atoms with Crippen molar-refractivity contribution in [3.8, 4) is 11.1 Å². The minimum absolute atomic E-state index is 1.02. The summed E-state index contributed by atoms with van der Waals surface area (Å²) in [6, 6.07) is 21.4. The summed E-state index contributed by atoms with van der Waals surface area (Å²) in [6.45, 7) is 4.48. The van der Waals surface area contributed by atoms with Crippen LogP contribution in [0.5, 0.6) is 0 Å². The van der Waals surface area contributed by atoms with Crippen molar-refractivity contribution in [1.82, 2.24) is 4.98 Å². The summed E-state index contributed by atoms with van der Waals surface area (Å²) in [5.41, 5.74) is 7.31. The highest BCUT2D eigenvalue weighted by Crippen LogP contribution is 2.25. The Morgan fingerprint density at radius 3 is 2.26 bits per heavy atom. The van der Waals surface area contributed by atoms with Gasteiger partial charge in [-0.2, -0.15) is 0 Å². The summed E-state index contributed by atoms with van der Waals surface area (Å²) in [4.78, 5) is 7.11. The summed E-state index contributed by atoms with van der Waals surface area (Å²) in [6.07, 6.45) is 10.2. The first-order valence-corrected chi connectivity index (χ1v) is 9.85. The van der Waals surface area contributed by atoms with E-state index in [4.69, 9.17) is 0 Å². The van der Waals surface area contributed by atoms with Gasteiger partial charge in [-0.1, -0.05) is 60.7 Å². The number of aryl methyl sites for hydroxylation is 1.